The molecule has 4 rings (SSSR count). The highest BCUT2D eigenvalue weighted by molar-refractivity contribution is 7.91. The number of aliphatic imine (C=N–C) groups is 1. The third-order valence-electron chi connectivity index (χ3n) is 5.23. The Morgan fingerprint density at radius 3 is 2.68 bits per heavy atom. The SMILES string of the molecule is C[N+]1(C(=O)CC2=NCCN2)CCOc2ccc(S(=O)(=O)c3ccccc3)cc21. The fraction of sp³-hybridized carbons (Fsp3) is 0.300. The number of nitrogens with one attached hydrogen (secondary N) is 1. The van der Waals surface area contributed by atoms with E-state index in [4.69, 9.17) is 4.74 Å². The van der Waals surface area contributed by atoms with E-state index in [1.807, 2.05) is 0 Å². The van der Waals surface area contributed by atoms with Crippen molar-refractivity contribution in [3.05, 3.63) is 48.5 Å². The van der Waals surface area contributed by atoms with Crippen LogP contribution in [-0.2, 0) is 14.6 Å². The highest BCUT2D eigenvalue weighted by Gasteiger charge is 2.41. The highest BCUT2D eigenvalue weighted by Crippen LogP contribution is 2.39. The van der Waals surface area contributed by atoms with E-state index in [1.54, 1.807) is 49.5 Å². The lowest BCUT2D eigenvalue weighted by Crippen LogP contribution is -2.56. The van der Waals surface area contributed by atoms with Crippen LogP contribution < -0.4 is 14.5 Å². The summed E-state index contributed by atoms with van der Waals surface area (Å²) in [7, 11) is -1.88. The minimum atomic E-state index is -3.68. The molecular weight excluding hydrogens is 378 g/mol. The van der Waals surface area contributed by atoms with Crippen LogP contribution in [0.3, 0.4) is 0 Å². The number of likely N-dealkylation sites (N-methyl/N-ethyl adjacent to an activating group) is 1. The van der Waals surface area contributed by atoms with Crippen LogP contribution in [0.15, 0.2) is 63.3 Å². The van der Waals surface area contributed by atoms with Gasteiger partial charge in [-0.2, -0.15) is 0 Å². The molecule has 1 atom stereocenters. The van der Waals surface area contributed by atoms with Gasteiger partial charge >= 0.3 is 5.91 Å². The molecule has 8 heteroatoms. The molecule has 0 saturated carbocycles. The monoisotopic (exact) mass is 400 g/mol. The molecule has 0 bridgehead atoms. The van der Waals surface area contributed by atoms with Crippen molar-refractivity contribution in [1.82, 2.24) is 9.80 Å². The normalized spacial score (nSPS) is 21.2. The second kappa shape index (κ2) is 7.03. The number of quaternary nitrogens is 1. The first-order valence-corrected chi connectivity index (χ1v) is 10.6. The number of nitrogens with zero attached hydrogens (tertiary/aromatic N) is 2. The maximum absolute atomic E-state index is 13.1. The first-order chi connectivity index (χ1) is 13.4. The highest BCUT2D eigenvalue weighted by atomic mass is 32.2. The lowest BCUT2D eigenvalue weighted by molar-refractivity contribution is -0.128. The van der Waals surface area contributed by atoms with Gasteiger partial charge in [0, 0.05) is 12.6 Å². The van der Waals surface area contributed by atoms with Crippen molar-refractivity contribution in [3.8, 4) is 5.75 Å². The van der Waals surface area contributed by atoms with Crippen LogP contribution >= 0.6 is 0 Å². The van der Waals surface area contributed by atoms with Gasteiger partial charge in [0.25, 0.3) is 0 Å². The van der Waals surface area contributed by atoms with Crippen molar-refractivity contribution in [2.75, 3.05) is 33.3 Å². The van der Waals surface area contributed by atoms with Gasteiger partial charge < -0.3 is 10.1 Å². The summed E-state index contributed by atoms with van der Waals surface area (Å²) in [6.07, 6.45) is 0.186. The number of benzene rings is 2. The van der Waals surface area contributed by atoms with E-state index < -0.39 is 9.84 Å². The molecule has 7 nitrogen and oxygen atoms in total. The molecule has 0 spiro atoms. The molecule has 0 radical (unpaired) electrons. The van der Waals surface area contributed by atoms with E-state index in [0.29, 0.717) is 37.0 Å². The van der Waals surface area contributed by atoms with Gasteiger partial charge in [0.2, 0.25) is 9.84 Å². The van der Waals surface area contributed by atoms with Crippen molar-refractivity contribution in [2.24, 2.45) is 4.99 Å². The van der Waals surface area contributed by atoms with Crippen LogP contribution in [0, 0.1) is 0 Å². The van der Waals surface area contributed by atoms with E-state index in [-0.39, 0.29) is 26.6 Å². The lowest BCUT2D eigenvalue weighted by atomic mass is 10.1. The van der Waals surface area contributed by atoms with E-state index in [1.165, 1.54) is 6.07 Å². The predicted molar refractivity (Wildman–Crippen MR) is 106 cm³/mol. The predicted octanol–water partition coefficient (Wildman–Crippen LogP) is 1.77. The molecule has 28 heavy (non-hydrogen) atoms. The van der Waals surface area contributed by atoms with Crippen LogP contribution in [0.25, 0.3) is 0 Å². The van der Waals surface area contributed by atoms with E-state index in [9.17, 15) is 13.2 Å². The first-order valence-electron chi connectivity index (χ1n) is 9.15. The zero-order valence-corrected chi connectivity index (χ0v) is 16.4. The largest absolute Gasteiger partial charge is 0.481 e. The Morgan fingerprint density at radius 1 is 1.18 bits per heavy atom. The number of carbonyl (C=O) groups is 1. The smallest absolute Gasteiger partial charge is 0.326 e. The summed E-state index contributed by atoms with van der Waals surface area (Å²) in [6, 6.07) is 13.0. The van der Waals surface area contributed by atoms with Gasteiger partial charge in [-0.1, -0.05) is 18.2 Å². The van der Waals surface area contributed by atoms with Crippen LogP contribution in [0.1, 0.15) is 6.42 Å². The molecule has 1 unspecified atom stereocenters. The summed E-state index contributed by atoms with van der Waals surface area (Å²) >= 11 is 0. The summed E-state index contributed by atoms with van der Waals surface area (Å²) in [6.45, 7) is 2.24. The zero-order valence-electron chi connectivity index (χ0n) is 15.6. The van der Waals surface area contributed by atoms with Gasteiger partial charge in [-0.15, -0.1) is 0 Å². The Morgan fingerprint density at radius 2 is 1.96 bits per heavy atom. The van der Waals surface area contributed by atoms with E-state index in [2.05, 4.69) is 10.3 Å². The molecule has 0 saturated heterocycles. The van der Waals surface area contributed by atoms with Gasteiger partial charge in [-0.05, 0) is 24.3 Å². The topological polar surface area (TPSA) is 84.8 Å². The molecule has 0 fully saturated rings. The number of amidine groups is 1. The summed E-state index contributed by atoms with van der Waals surface area (Å²) in [4.78, 5) is 17.8. The Bertz CT molecular complexity index is 1050. The molecule has 1 amide bonds. The van der Waals surface area contributed by atoms with Gasteiger partial charge in [-0.25, -0.2) is 17.7 Å². The van der Waals surface area contributed by atoms with Gasteiger partial charge in [0.05, 0.1) is 23.4 Å². The van der Waals surface area contributed by atoms with Crippen molar-refractivity contribution in [3.63, 3.8) is 0 Å². The van der Waals surface area contributed by atoms with Crippen molar-refractivity contribution in [1.29, 1.82) is 0 Å². The minimum absolute atomic E-state index is 0.0197. The maximum Gasteiger partial charge on any atom is 0.326 e. The molecular formula is C20H22N3O4S+. The molecule has 0 aromatic heterocycles. The quantitative estimate of drug-likeness (QED) is 0.791. The minimum Gasteiger partial charge on any atom is -0.481 e. The number of fused-ring (bicyclic) bond motifs is 1. The summed E-state index contributed by atoms with van der Waals surface area (Å²) in [5.74, 6) is 1.17. The van der Waals surface area contributed by atoms with Crippen molar-refractivity contribution < 1.29 is 17.9 Å². The molecule has 2 aliphatic rings. The van der Waals surface area contributed by atoms with Crippen molar-refractivity contribution >= 4 is 27.3 Å². The standard InChI is InChI=1S/C20H22N3O4S/c1-23(20(24)14-19-21-9-10-22-19)11-12-27-18-8-7-16(13-17(18)23)28(25,26)15-5-3-2-4-6-15/h2-8,13H,9-12,14H2,1H3,(H,21,22)/q+1. The number of rotatable bonds is 4. The molecule has 2 aromatic carbocycles. The van der Waals surface area contributed by atoms with Crippen molar-refractivity contribution in [2.45, 2.75) is 16.2 Å². The molecule has 2 heterocycles. The third-order valence-corrected chi connectivity index (χ3v) is 7.00. The van der Waals surface area contributed by atoms with Crippen LogP contribution in [0.4, 0.5) is 5.69 Å². The number of carbonyl (C=O) groups excluding carboxylic acids is 1. The Balaban J connectivity index is 1.74. The molecule has 0 aliphatic carbocycles. The Labute approximate surface area is 164 Å². The average Bonchev–Trinajstić information content (AvgIpc) is 3.22. The number of hydrogen-bond donors (Lipinski definition) is 1. The zero-order chi connectivity index (χ0) is 19.8. The fourth-order valence-corrected chi connectivity index (χ4v) is 4.81. The second-order valence-electron chi connectivity index (χ2n) is 7.04. The average molecular weight is 400 g/mol. The summed E-state index contributed by atoms with van der Waals surface area (Å²) in [5.41, 5.74) is 0.562. The number of amides is 1. The number of sulfone groups is 1. The summed E-state index contributed by atoms with van der Waals surface area (Å²) < 4.78 is 31.7. The van der Waals surface area contributed by atoms with E-state index >= 15 is 0 Å². The first kappa shape index (κ1) is 18.6. The fourth-order valence-electron chi connectivity index (χ4n) is 3.51. The molecule has 146 valence electrons. The number of hydrogen-bond acceptors (Lipinski definition) is 6. The molecule has 1 N–H and O–H groups in total. The lowest BCUT2D eigenvalue weighted by Gasteiger charge is -2.36. The molecule has 2 aromatic rings. The third kappa shape index (κ3) is 3.18. The van der Waals surface area contributed by atoms with Gasteiger partial charge in [-0.3, -0.25) is 4.99 Å². The maximum atomic E-state index is 13.1. The van der Waals surface area contributed by atoms with Crippen LogP contribution in [-0.4, -0.2) is 53.4 Å². The summed E-state index contributed by atoms with van der Waals surface area (Å²) in [5, 5.41) is 3.12. The van der Waals surface area contributed by atoms with E-state index in [0.717, 1.165) is 6.54 Å². The second-order valence-corrected chi connectivity index (χ2v) is 8.98. The van der Waals surface area contributed by atoms with Crippen LogP contribution in [0.5, 0.6) is 5.75 Å². The number of ether oxygens (including phenoxy) is 1. The molecule has 2 aliphatic heterocycles. The Kier molecular flexibility index (Phi) is 4.68. The Hall–Kier alpha value is -2.71. The van der Waals surface area contributed by atoms with Gasteiger partial charge in [0.15, 0.2) is 11.4 Å². The van der Waals surface area contributed by atoms with Gasteiger partial charge in [0.1, 0.15) is 25.4 Å². The van der Waals surface area contributed by atoms with Crippen LogP contribution in [0.2, 0.25) is 0 Å².